The molecule has 0 saturated heterocycles. The smallest absolute Gasteiger partial charge is 0.129 e. The SMILES string of the molecule is CC(C)C(C)c1nn(C)c(N)c1-c1cccc(Br)c1. The predicted octanol–water partition coefficient (Wildman–Crippen LogP) is 4.19. The Kier molecular flexibility index (Phi) is 3.99. The van der Waals surface area contributed by atoms with Gasteiger partial charge in [-0.15, -0.1) is 0 Å². The third-order valence-electron chi connectivity index (χ3n) is 3.66. The molecule has 2 aromatic rings. The van der Waals surface area contributed by atoms with E-state index < -0.39 is 0 Å². The van der Waals surface area contributed by atoms with Gasteiger partial charge in [0.25, 0.3) is 0 Å². The highest BCUT2D eigenvalue weighted by atomic mass is 79.9. The van der Waals surface area contributed by atoms with E-state index in [0.29, 0.717) is 11.8 Å². The monoisotopic (exact) mass is 321 g/mol. The fourth-order valence-electron chi connectivity index (χ4n) is 2.13. The number of anilines is 1. The van der Waals surface area contributed by atoms with Gasteiger partial charge in [0.05, 0.1) is 5.69 Å². The number of aromatic nitrogens is 2. The third kappa shape index (κ3) is 2.68. The zero-order chi connectivity index (χ0) is 14.2. The molecule has 0 saturated carbocycles. The van der Waals surface area contributed by atoms with Crippen LogP contribution in [0.25, 0.3) is 11.1 Å². The molecule has 4 heteroatoms. The number of aryl methyl sites for hydroxylation is 1. The Hall–Kier alpha value is -1.29. The van der Waals surface area contributed by atoms with Crippen LogP contribution in [0.5, 0.6) is 0 Å². The summed E-state index contributed by atoms with van der Waals surface area (Å²) >= 11 is 3.51. The Balaban J connectivity index is 2.62. The second kappa shape index (κ2) is 5.37. The Morgan fingerprint density at radius 2 is 1.95 bits per heavy atom. The predicted molar refractivity (Wildman–Crippen MR) is 84.0 cm³/mol. The summed E-state index contributed by atoms with van der Waals surface area (Å²) in [7, 11) is 1.90. The van der Waals surface area contributed by atoms with Crippen molar-refractivity contribution in [2.45, 2.75) is 26.7 Å². The lowest BCUT2D eigenvalue weighted by Crippen LogP contribution is -2.04. The largest absolute Gasteiger partial charge is 0.383 e. The van der Waals surface area contributed by atoms with Crippen molar-refractivity contribution < 1.29 is 0 Å². The Morgan fingerprint density at radius 3 is 2.53 bits per heavy atom. The van der Waals surface area contributed by atoms with Crippen LogP contribution in [0.2, 0.25) is 0 Å². The molecule has 0 bridgehead atoms. The topological polar surface area (TPSA) is 43.8 Å². The first kappa shape index (κ1) is 14.1. The van der Waals surface area contributed by atoms with E-state index in [1.165, 1.54) is 0 Å². The number of nitrogens with zero attached hydrogens (tertiary/aromatic N) is 2. The number of benzene rings is 1. The van der Waals surface area contributed by atoms with Crippen LogP contribution in [0.4, 0.5) is 5.82 Å². The molecule has 102 valence electrons. The van der Waals surface area contributed by atoms with Gasteiger partial charge in [-0.2, -0.15) is 5.10 Å². The second-order valence-electron chi connectivity index (χ2n) is 5.31. The van der Waals surface area contributed by atoms with E-state index in [2.05, 4.69) is 53.9 Å². The number of nitrogen functional groups attached to an aromatic ring is 1. The highest BCUT2D eigenvalue weighted by Crippen LogP contribution is 2.37. The minimum absolute atomic E-state index is 0.373. The quantitative estimate of drug-likeness (QED) is 0.921. The Morgan fingerprint density at radius 1 is 1.26 bits per heavy atom. The van der Waals surface area contributed by atoms with Gasteiger partial charge in [-0.3, -0.25) is 4.68 Å². The highest BCUT2D eigenvalue weighted by molar-refractivity contribution is 9.10. The maximum Gasteiger partial charge on any atom is 0.129 e. The first-order valence-electron chi connectivity index (χ1n) is 6.50. The standard InChI is InChI=1S/C15H20BrN3/c1-9(2)10(3)14-13(15(17)19(4)18-14)11-6-5-7-12(16)8-11/h5-10H,17H2,1-4H3. The second-order valence-corrected chi connectivity index (χ2v) is 6.23. The lowest BCUT2D eigenvalue weighted by atomic mass is 9.90. The summed E-state index contributed by atoms with van der Waals surface area (Å²) in [4.78, 5) is 0. The molecule has 2 rings (SSSR count). The molecule has 0 aliphatic rings. The van der Waals surface area contributed by atoms with E-state index in [0.717, 1.165) is 27.1 Å². The number of hydrogen-bond acceptors (Lipinski definition) is 2. The fraction of sp³-hybridized carbons (Fsp3) is 0.400. The van der Waals surface area contributed by atoms with Crippen LogP contribution in [0, 0.1) is 5.92 Å². The molecule has 1 aromatic carbocycles. The number of rotatable bonds is 3. The van der Waals surface area contributed by atoms with Crippen molar-refractivity contribution in [3.05, 3.63) is 34.4 Å². The molecule has 1 heterocycles. The molecule has 1 atom stereocenters. The van der Waals surface area contributed by atoms with Gasteiger partial charge in [-0.1, -0.05) is 48.8 Å². The van der Waals surface area contributed by atoms with Crippen molar-refractivity contribution in [1.29, 1.82) is 0 Å². The van der Waals surface area contributed by atoms with Gasteiger partial charge in [0.1, 0.15) is 5.82 Å². The van der Waals surface area contributed by atoms with Gasteiger partial charge in [0.15, 0.2) is 0 Å². The van der Waals surface area contributed by atoms with Crippen molar-refractivity contribution in [1.82, 2.24) is 9.78 Å². The van der Waals surface area contributed by atoms with Crippen LogP contribution in [-0.2, 0) is 7.05 Å². The van der Waals surface area contributed by atoms with Gasteiger partial charge in [0.2, 0.25) is 0 Å². The Labute approximate surface area is 122 Å². The summed E-state index contributed by atoms with van der Waals surface area (Å²) in [5.41, 5.74) is 9.46. The summed E-state index contributed by atoms with van der Waals surface area (Å²) in [5, 5.41) is 4.61. The lowest BCUT2D eigenvalue weighted by Gasteiger charge is -2.15. The van der Waals surface area contributed by atoms with Crippen LogP contribution >= 0.6 is 15.9 Å². The number of nitrogens with two attached hydrogens (primary N) is 1. The van der Waals surface area contributed by atoms with E-state index >= 15 is 0 Å². The molecule has 0 fully saturated rings. The first-order valence-corrected chi connectivity index (χ1v) is 7.29. The normalized spacial score (nSPS) is 12.9. The van der Waals surface area contributed by atoms with Crippen LogP contribution in [0.3, 0.4) is 0 Å². The van der Waals surface area contributed by atoms with Crippen LogP contribution < -0.4 is 5.73 Å². The molecule has 1 aromatic heterocycles. The molecule has 0 aliphatic carbocycles. The van der Waals surface area contributed by atoms with Crippen molar-refractivity contribution >= 4 is 21.7 Å². The first-order chi connectivity index (χ1) is 8.91. The maximum absolute atomic E-state index is 6.21. The van der Waals surface area contributed by atoms with Crippen LogP contribution in [0.1, 0.15) is 32.4 Å². The third-order valence-corrected chi connectivity index (χ3v) is 4.16. The maximum atomic E-state index is 6.21. The molecule has 0 radical (unpaired) electrons. The van der Waals surface area contributed by atoms with Crippen LogP contribution in [-0.4, -0.2) is 9.78 Å². The fourth-order valence-corrected chi connectivity index (χ4v) is 2.53. The van der Waals surface area contributed by atoms with Crippen molar-refractivity contribution in [3.63, 3.8) is 0 Å². The van der Waals surface area contributed by atoms with Gasteiger partial charge in [-0.25, -0.2) is 0 Å². The molecule has 1 unspecified atom stereocenters. The lowest BCUT2D eigenvalue weighted by molar-refractivity contribution is 0.517. The average Bonchev–Trinajstić information content (AvgIpc) is 2.65. The molecule has 3 nitrogen and oxygen atoms in total. The number of halogens is 1. The molecule has 0 amide bonds. The van der Waals surface area contributed by atoms with Gasteiger partial charge < -0.3 is 5.73 Å². The molecule has 19 heavy (non-hydrogen) atoms. The molecule has 0 spiro atoms. The van der Waals surface area contributed by atoms with Gasteiger partial charge in [0, 0.05) is 23.0 Å². The summed E-state index contributed by atoms with van der Waals surface area (Å²) in [6.45, 7) is 6.62. The van der Waals surface area contributed by atoms with E-state index in [-0.39, 0.29) is 0 Å². The van der Waals surface area contributed by atoms with E-state index in [4.69, 9.17) is 5.73 Å². The molecular weight excluding hydrogens is 302 g/mol. The highest BCUT2D eigenvalue weighted by Gasteiger charge is 2.22. The Bertz CT molecular complexity index is 587. The van der Waals surface area contributed by atoms with Gasteiger partial charge >= 0.3 is 0 Å². The number of hydrogen-bond donors (Lipinski definition) is 1. The summed E-state index contributed by atoms with van der Waals surface area (Å²) in [5.74, 6) is 1.62. The van der Waals surface area contributed by atoms with E-state index in [9.17, 15) is 0 Å². The summed E-state index contributed by atoms with van der Waals surface area (Å²) in [6.07, 6.45) is 0. The zero-order valence-electron chi connectivity index (χ0n) is 11.8. The summed E-state index contributed by atoms with van der Waals surface area (Å²) in [6, 6.07) is 8.20. The zero-order valence-corrected chi connectivity index (χ0v) is 13.4. The van der Waals surface area contributed by atoms with E-state index in [1.54, 1.807) is 4.68 Å². The van der Waals surface area contributed by atoms with Gasteiger partial charge in [-0.05, 0) is 23.6 Å². The molecule has 0 aliphatic heterocycles. The minimum Gasteiger partial charge on any atom is -0.383 e. The average molecular weight is 322 g/mol. The van der Waals surface area contributed by atoms with E-state index in [1.807, 2.05) is 19.2 Å². The molecular formula is C15H20BrN3. The van der Waals surface area contributed by atoms with Crippen LogP contribution in [0.15, 0.2) is 28.7 Å². The van der Waals surface area contributed by atoms with Crippen molar-refractivity contribution in [2.75, 3.05) is 5.73 Å². The van der Waals surface area contributed by atoms with Crippen molar-refractivity contribution in [2.24, 2.45) is 13.0 Å². The minimum atomic E-state index is 0.373. The summed E-state index contributed by atoms with van der Waals surface area (Å²) < 4.78 is 2.82. The molecule has 2 N–H and O–H groups in total. The van der Waals surface area contributed by atoms with Crippen molar-refractivity contribution in [3.8, 4) is 11.1 Å².